The summed E-state index contributed by atoms with van der Waals surface area (Å²) in [5.74, 6) is 0. The molecule has 0 aliphatic heterocycles. The Hall–Kier alpha value is -0.860. The molecule has 9 heteroatoms. The lowest BCUT2D eigenvalue weighted by molar-refractivity contribution is 0.534. The summed E-state index contributed by atoms with van der Waals surface area (Å²) in [7, 11) is 0. The molecule has 0 saturated heterocycles. The zero-order valence-electron chi connectivity index (χ0n) is 9.52. The quantitative estimate of drug-likeness (QED) is 0.861. The lowest BCUT2D eigenvalue weighted by Gasteiger charge is -2.08. The topological polar surface area (TPSA) is 76.5 Å². The average molecular weight is 351 g/mol. The van der Waals surface area contributed by atoms with Gasteiger partial charge in [-0.3, -0.25) is 4.57 Å². The number of aromatic nitrogens is 5. The number of aromatic amines is 1. The normalized spacial score (nSPS) is 11.2. The van der Waals surface area contributed by atoms with Gasteiger partial charge in [0.2, 0.25) is 0 Å². The van der Waals surface area contributed by atoms with Gasteiger partial charge in [-0.2, -0.15) is 0 Å². The van der Waals surface area contributed by atoms with Crippen molar-refractivity contribution in [2.24, 2.45) is 0 Å². The molecule has 0 fully saturated rings. The SMILES string of the molecule is CC(C)n1c(Sc2ncnc(Cl)c2Br)n[nH]c1=O. The molecular formula is C9H9BrClN5OS. The second kappa shape index (κ2) is 5.41. The summed E-state index contributed by atoms with van der Waals surface area (Å²) in [6.07, 6.45) is 1.36. The zero-order valence-corrected chi connectivity index (χ0v) is 12.7. The van der Waals surface area contributed by atoms with E-state index < -0.39 is 0 Å². The molecular weight excluding hydrogens is 342 g/mol. The van der Waals surface area contributed by atoms with Gasteiger partial charge in [0.15, 0.2) is 5.16 Å². The molecule has 0 aliphatic carbocycles. The van der Waals surface area contributed by atoms with Crippen molar-refractivity contribution in [1.82, 2.24) is 24.7 Å². The van der Waals surface area contributed by atoms with Gasteiger partial charge >= 0.3 is 5.69 Å². The van der Waals surface area contributed by atoms with Crippen molar-refractivity contribution >= 4 is 39.3 Å². The summed E-state index contributed by atoms with van der Waals surface area (Å²) in [6.45, 7) is 3.81. The highest BCUT2D eigenvalue weighted by Gasteiger charge is 2.16. The molecule has 0 unspecified atom stereocenters. The van der Waals surface area contributed by atoms with Crippen molar-refractivity contribution in [3.05, 3.63) is 26.4 Å². The van der Waals surface area contributed by atoms with E-state index in [1.165, 1.54) is 18.1 Å². The fourth-order valence-corrected chi connectivity index (χ4v) is 2.89. The third kappa shape index (κ3) is 2.60. The first-order valence-electron chi connectivity index (χ1n) is 5.01. The predicted molar refractivity (Wildman–Crippen MR) is 72.1 cm³/mol. The minimum absolute atomic E-state index is 0.00911. The van der Waals surface area contributed by atoms with Gasteiger partial charge in [-0.05, 0) is 41.5 Å². The Kier molecular flexibility index (Phi) is 4.08. The Labute approximate surface area is 120 Å². The van der Waals surface area contributed by atoms with E-state index in [0.29, 0.717) is 19.8 Å². The maximum atomic E-state index is 11.6. The van der Waals surface area contributed by atoms with Gasteiger partial charge in [0.05, 0.1) is 4.47 Å². The average Bonchev–Trinajstić information content (AvgIpc) is 2.66. The summed E-state index contributed by atoms with van der Waals surface area (Å²) in [5, 5.41) is 7.85. The molecule has 0 aromatic carbocycles. The van der Waals surface area contributed by atoms with E-state index in [9.17, 15) is 4.79 Å². The van der Waals surface area contributed by atoms with Crippen LogP contribution in [0.1, 0.15) is 19.9 Å². The fourth-order valence-electron chi connectivity index (χ4n) is 1.31. The molecule has 6 nitrogen and oxygen atoms in total. The van der Waals surface area contributed by atoms with Gasteiger partial charge in [0.25, 0.3) is 0 Å². The third-order valence-corrected chi connectivity index (χ3v) is 4.59. The molecule has 0 radical (unpaired) electrons. The van der Waals surface area contributed by atoms with Crippen molar-refractivity contribution < 1.29 is 0 Å². The van der Waals surface area contributed by atoms with Crippen LogP contribution in [0.15, 0.2) is 25.8 Å². The minimum Gasteiger partial charge on any atom is -0.267 e. The Morgan fingerprint density at radius 3 is 2.89 bits per heavy atom. The minimum atomic E-state index is -0.247. The second-order valence-corrected chi connectivity index (χ2v) is 5.77. The number of halogens is 2. The van der Waals surface area contributed by atoms with Gasteiger partial charge in [-0.15, -0.1) is 5.10 Å². The van der Waals surface area contributed by atoms with Crippen LogP contribution in [0, 0.1) is 0 Å². The summed E-state index contributed by atoms with van der Waals surface area (Å²) in [5.41, 5.74) is -0.247. The summed E-state index contributed by atoms with van der Waals surface area (Å²) >= 11 is 10.4. The number of hydrogen-bond donors (Lipinski definition) is 1. The van der Waals surface area contributed by atoms with Gasteiger partial charge < -0.3 is 0 Å². The van der Waals surface area contributed by atoms with Crippen LogP contribution in [0.25, 0.3) is 0 Å². The summed E-state index contributed by atoms with van der Waals surface area (Å²) in [6, 6.07) is 0.00911. The van der Waals surface area contributed by atoms with E-state index in [0.717, 1.165) is 0 Å². The van der Waals surface area contributed by atoms with Crippen LogP contribution >= 0.6 is 39.3 Å². The molecule has 0 saturated carbocycles. The largest absolute Gasteiger partial charge is 0.344 e. The Morgan fingerprint density at radius 1 is 1.50 bits per heavy atom. The molecule has 2 heterocycles. The highest BCUT2D eigenvalue weighted by atomic mass is 79.9. The smallest absolute Gasteiger partial charge is 0.267 e. The predicted octanol–water partition coefficient (Wildman–Crippen LogP) is 2.51. The van der Waals surface area contributed by atoms with Crippen LogP contribution in [0.3, 0.4) is 0 Å². The maximum absolute atomic E-state index is 11.6. The first-order valence-corrected chi connectivity index (χ1v) is 7.00. The Bertz CT molecular complexity index is 626. The summed E-state index contributed by atoms with van der Waals surface area (Å²) in [4.78, 5) is 19.5. The number of hydrogen-bond acceptors (Lipinski definition) is 5. The zero-order chi connectivity index (χ0) is 13.3. The first kappa shape index (κ1) is 13.6. The Balaban J connectivity index is 2.41. The van der Waals surface area contributed by atoms with E-state index in [-0.39, 0.29) is 11.7 Å². The van der Waals surface area contributed by atoms with Gasteiger partial charge in [0, 0.05) is 6.04 Å². The van der Waals surface area contributed by atoms with Crippen LogP contribution in [-0.4, -0.2) is 24.7 Å². The van der Waals surface area contributed by atoms with E-state index in [1.807, 2.05) is 13.8 Å². The number of rotatable bonds is 3. The van der Waals surface area contributed by atoms with Gasteiger partial charge in [0.1, 0.15) is 16.5 Å². The standard InChI is InChI=1S/C9H9BrClN5OS/c1-4(2)16-8(17)14-15-9(16)18-7-5(10)6(11)12-3-13-7/h3-4H,1-2H3,(H,14,17). The monoisotopic (exact) mass is 349 g/mol. The lowest BCUT2D eigenvalue weighted by atomic mass is 10.4. The summed E-state index contributed by atoms with van der Waals surface area (Å²) < 4.78 is 2.13. The van der Waals surface area contributed by atoms with E-state index in [2.05, 4.69) is 36.1 Å². The molecule has 2 aromatic heterocycles. The van der Waals surface area contributed by atoms with Crippen molar-refractivity contribution in [1.29, 1.82) is 0 Å². The van der Waals surface area contributed by atoms with E-state index in [4.69, 9.17) is 11.6 Å². The van der Waals surface area contributed by atoms with Crippen LogP contribution in [-0.2, 0) is 0 Å². The van der Waals surface area contributed by atoms with Crippen LogP contribution in [0.4, 0.5) is 0 Å². The number of nitrogens with one attached hydrogen (secondary N) is 1. The molecule has 0 amide bonds. The molecule has 0 aliphatic rings. The molecule has 0 atom stereocenters. The molecule has 2 rings (SSSR count). The molecule has 0 spiro atoms. The molecule has 0 bridgehead atoms. The fraction of sp³-hybridized carbons (Fsp3) is 0.333. The van der Waals surface area contributed by atoms with Crippen molar-refractivity contribution in [2.75, 3.05) is 0 Å². The Morgan fingerprint density at radius 2 is 2.22 bits per heavy atom. The van der Waals surface area contributed by atoms with Crippen LogP contribution < -0.4 is 5.69 Å². The number of nitrogens with zero attached hydrogens (tertiary/aromatic N) is 4. The molecule has 96 valence electrons. The van der Waals surface area contributed by atoms with Gasteiger partial charge in [-0.25, -0.2) is 19.9 Å². The molecule has 2 aromatic rings. The third-order valence-electron chi connectivity index (χ3n) is 2.09. The van der Waals surface area contributed by atoms with Crippen molar-refractivity contribution in [3.63, 3.8) is 0 Å². The van der Waals surface area contributed by atoms with Crippen molar-refractivity contribution in [2.45, 2.75) is 30.1 Å². The maximum Gasteiger partial charge on any atom is 0.344 e. The lowest BCUT2D eigenvalue weighted by Crippen LogP contribution is -2.19. The molecule has 18 heavy (non-hydrogen) atoms. The van der Waals surface area contributed by atoms with Crippen LogP contribution in [0.2, 0.25) is 5.15 Å². The van der Waals surface area contributed by atoms with Crippen molar-refractivity contribution in [3.8, 4) is 0 Å². The van der Waals surface area contributed by atoms with E-state index >= 15 is 0 Å². The highest BCUT2D eigenvalue weighted by Crippen LogP contribution is 2.33. The van der Waals surface area contributed by atoms with Crippen LogP contribution in [0.5, 0.6) is 0 Å². The second-order valence-electron chi connectivity index (χ2n) is 3.66. The molecule has 1 N–H and O–H groups in total. The van der Waals surface area contributed by atoms with Gasteiger partial charge in [-0.1, -0.05) is 11.6 Å². The first-order chi connectivity index (χ1) is 8.50. The highest BCUT2D eigenvalue weighted by molar-refractivity contribution is 9.10. The number of H-pyrrole nitrogens is 1. The van der Waals surface area contributed by atoms with E-state index in [1.54, 1.807) is 4.57 Å².